The van der Waals surface area contributed by atoms with Crippen LogP contribution in [-0.2, 0) is 9.53 Å². The first-order valence-corrected chi connectivity index (χ1v) is 12.7. The number of carbonyl (C=O) groups excluding carboxylic acids is 2. The number of nitrogens with two attached hydrogens (primary N) is 1. The lowest BCUT2D eigenvalue weighted by Gasteiger charge is -2.08. The Morgan fingerprint density at radius 1 is 1.16 bits per heavy atom. The van der Waals surface area contributed by atoms with Crippen molar-refractivity contribution in [2.24, 2.45) is 0 Å². The maximum absolute atomic E-state index is 12.6. The smallest absolute Gasteiger partial charge is 0.341 e. The summed E-state index contributed by atoms with van der Waals surface area (Å²) >= 11 is 5.49. The molecule has 0 saturated carbocycles. The van der Waals surface area contributed by atoms with Gasteiger partial charge in [-0.1, -0.05) is 23.9 Å². The van der Waals surface area contributed by atoms with Crippen molar-refractivity contribution in [2.45, 2.75) is 12.1 Å². The molecule has 0 unspecified atom stereocenters. The van der Waals surface area contributed by atoms with E-state index >= 15 is 0 Å². The van der Waals surface area contributed by atoms with Crippen LogP contribution in [0.2, 0.25) is 0 Å². The normalized spacial score (nSPS) is 10.9. The average molecular weight is 492 g/mol. The van der Waals surface area contributed by atoms with Crippen molar-refractivity contribution in [3.8, 4) is 21.1 Å². The van der Waals surface area contributed by atoms with Gasteiger partial charge in [-0.25, -0.2) is 9.47 Å². The maximum Gasteiger partial charge on any atom is 0.341 e. The highest BCUT2D eigenvalue weighted by atomic mass is 32.2. The molecule has 0 bridgehead atoms. The van der Waals surface area contributed by atoms with E-state index in [4.69, 9.17) is 10.6 Å². The number of esters is 1. The summed E-state index contributed by atoms with van der Waals surface area (Å²) in [6, 6.07) is 7.64. The highest BCUT2D eigenvalue weighted by molar-refractivity contribution is 7.99. The summed E-state index contributed by atoms with van der Waals surface area (Å²) in [6.07, 6.45) is 0. The molecule has 0 aliphatic carbocycles. The largest absolute Gasteiger partial charge is 0.462 e. The van der Waals surface area contributed by atoms with Gasteiger partial charge < -0.3 is 15.9 Å². The third-order valence-electron chi connectivity index (χ3n) is 4.05. The van der Waals surface area contributed by atoms with E-state index in [2.05, 4.69) is 15.5 Å². The molecule has 4 heterocycles. The number of nitrogens with zero attached hydrogens (tertiary/aromatic N) is 3. The average Bonchev–Trinajstić information content (AvgIpc) is 3.53. The number of carbonyl (C=O) groups is 2. The van der Waals surface area contributed by atoms with Gasteiger partial charge in [0.15, 0.2) is 5.82 Å². The number of hydrogen-bond acceptors (Lipinski definition) is 10. The zero-order chi connectivity index (χ0) is 21.8. The molecule has 31 heavy (non-hydrogen) atoms. The van der Waals surface area contributed by atoms with Gasteiger partial charge in [0.2, 0.25) is 11.1 Å². The van der Waals surface area contributed by atoms with Gasteiger partial charge in [0.25, 0.3) is 0 Å². The van der Waals surface area contributed by atoms with E-state index in [0.29, 0.717) is 21.5 Å². The third-order valence-corrected chi connectivity index (χ3v) is 7.66. The van der Waals surface area contributed by atoms with Gasteiger partial charge in [-0.2, -0.15) is 0 Å². The summed E-state index contributed by atoms with van der Waals surface area (Å²) < 4.78 is 6.58. The van der Waals surface area contributed by atoms with Crippen molar-refractivity contribution < 1.29 is 14.3 Å². The van der Waals surface area contributed by atoms with Crippen LogP contribution in [0.25, 0.3) is 21.1 Å². The monoisotopic (exact) mass is 491 g/mol. The van der Waals surface area contributed by atoms with E-state index in [0.717, 1.165) is 15.3 Å². The van der Waals surface area contributed by atoms with Crippen molar-refractivity contribution in [2.75, 3.05) is 23.5 Å². The van der Waals surface area contributed by atoms with Crippen LogP contribution in [0.4, 0.5) is 5.00 Å². The molecule has 8 nitrogen and oxygen atoms in total. The van der Waals surface area contributed by atoms with Crippen molar-refractivity contribution in [3.63, 3.8) is 0 Å². The van der Waals surface area contributed by atoms with Crippen molar-refractivity contribution in [1.29, 1.82) is 0 Å². The summed E-state index contributed by atoms with van der Waals surface area (Å²) in [5.41, 5.74) is 1.12. The minimum atomic E-state index is -0.461. The number of hydrogen-bond donors (Lipinski definition) is 2. The van der Waals surface area contributed by atoms with Crippen LogP contribution < -0.4 is 11.2 Å². The molecular weight excluding hydrogens is 475 g/mol. The van der Waals surface area contributed by atoms with Gasteiger partial charge in [0.05, 0.1) is 17.2 Å². The first-order chi connectivity index (χ1) is 15.1. The lowest BCUT2D eigenvalue weighted by Crippen LogP contribution is -2.17. The van der Waals surface area contributed by atoms with Crippen LogP contribution in [-0.4, -0.2) is 39.1 Å². The predicted octanol–water partition coefficient (Wildman–Crippen LogP) is 4.42. The minimum absolute atomic E-state index is 0.0638. The number of thioether (sulfide) groups is 1. The number of amides is 1. The minimum Gasteiger partial charge on any atom is -0.462 e. The van der Waals surface area contributed by atoms with E-state index in [9.17, 15) is 9.59 Å². The Bertz CT molecular complexity index is 1180. The lowest BCUT2D eigenvalue weighted by molar-refractivity contribution is -0.113. The SMILES string of the molecule is CCOC(=O)c1c(-c2cccs2)csc1NC(=O)CSc1nnc(-c2cccs2)n1N. The molecular formula is C19H17N5O3S4. The molecule has 0 aliphatic rings. The molecule has 4 aromatic heterocycles. The Kier molecular flexibility index (Phi) is 6.70. The number of nitrogen functional groups attached to an aromatic ring is 1. The standard InChI is InChI=1S/C19H17N5O3S4/c1-2-27-18(26)15-11(12-5-3-7-28-12)9-30-17(15)21-14(25)10-31-19-23-22-16(24(19)20)13-6-4-8-29-13/h3-9H,2,10,20H2,1H3,(H,21,25). The van der Waals surface area contributed by atoms with Gasteiger partial charge in [0, 0.05) is 15.8 Å². The first kappa shape index (κ1) is 21.6. The van der Waals surface area contributed by atoms with Gasteiger partial charge >= 0.3 is 5.97 Å². The highest BCUT2D eigenvalue weighted by Gasteiger charge is 2.23. The van der Waals surface area contributed by atoms with Gasteiger partial charge in [-0.15, -0.1) is 44.2 Å². The second-order valence-corrected chi connectivity index (χ2v) is 9.76. The fraction of sp³-hybridized carbons (Fsp3) is 0.158. The van der Waals surface area contributed by atoms with Gasteiger partial charge in [-0.05, 0) is 29.8 Å². The molecule has 0 spiro atoms. The summed E-state index contributed by atoms with van der Waals surface area (Å²) in [7, 11) is 0. The van der Waals surface area contributed by atoms with E-state index in [1.807, 2.05) is 40.4 Å². The van der Waals surface area contributed by atoms with Crippen molar-refractivity contribution in [3.05, 3.63) is 46.0 Å². The fourth-order valence-corrected chi connectivity index (χ4v) is 5.86. The number of ether oxygens (including phenoxy) is 1. The van der Waals surface area contributed by atoms with Gasteiger partial charge in [0.1, 0.15) is 10.6 Å². The summed E-state index contributed by atoms with van der Waals surface area (Å²) in [5, 5.41) is 17.6. The molecule has 0 aliphatic heterocycles. The zero-order valence-electron chi connectivity index (χ0n) is 16.2. The topological polar surface area (TPSA) is 112 Å². The van der Waals surface area contributed by atoms with Crippen LogP contribution >= 0.6 is 45.8 Å². The Labute approximate surface area is 194 Å². The lowest BCUT2D eigenvalue weighted by atomic mass is 10.1. The molecule has 1 amide bonds. The van der Waals surface area contributed by atoms with E-state index in [1.54, 1.807) is 6.92 Å². The van der Waals surface area contributed by atoms with Crippen LogP contribution in [0, 0.1) is 0 Å². The predicted molar refractivity (Wildman–Crippen MR) is 126 cm³/mol. The second-order valence-electron chi connectivity index (χ2n) is 6.04. The first-order valence-electron chi connectivity index (χ1n) is 9.08. The molecule has 4 aromatic rings. The summed E-state index contributed by atoms with van der Waals surface area (Å²) in [6.45, 7) is 2.00. The van der Waals surface area contributed by atoms with Gasteiger partial charge in [-0.3, -0.25) is 4.79 Å². The van der Waals surface area contributed by atoms with Crippen molar-refractivity contribution >= 4 is 62.6 Å². The third kappa shape index (κ3) is 4.66. The number of thiophene rings is 3. The molecule has 0 aromatic carbocycles. The number of anilines is 1. The highest BCUT2D eigenvalue weighted by Crippen LogP contribution is 2.38. The molecule has 0 saturated heterocycles. The molecule has 4 rings (SSSR count). The molecule has 0 atom stereocenters. The maximum atomic E-state index is 12.6. The van der Waals surface area contributed by atoms with Crippen molar-refractivity contribution in [1.82, 2.24) is 14.9 Å². The quantitative estimate of drug-likeness (QED) is 0.213. The number of rotatable bonds is 8. The second kappa shape index (κ2) is 9.64. The summed E-state index contributed by atoms with van der Waals surface area (Å²) in [5.74, 6) is 5.94. The van der Waals surface area contributed by atoms with Crippen LogP contribution in [0.5, 0.6) is 0 Å². The molecule has 160 valence electrons. The van der Waals surface area contributed by atoms with E-state index in [-0.39, 0.29) is 18.3 Å². The zero-order valence-corrected chi connectivity index (χ0v) is 19.5. The Balaban J connectivity index is 1.47. The fourth-order valence-electron chi connectivity index (χ4n) is 2.71. The summed E-state index contributed by atoms with van der Waals surface area (Å²) in [4.78, 5) is 27.0. The van der Waals surface area contributed by atoms with E-state index < -0.39 is 5.97 Å². The Morgan fingerprint density at radius 3 is 2.58 bits per heavy atom. The number of nitrogens with one attached hydrogen (secondary N) is 1. The molecule has 0 fully saturated rings. The molecule has 12 heteroatoms. The molecule has 3 N–H and O–H groups in total. The number of aromatic nitrogens is 3. The van der Waals surface area contributed by atoms with Crippen LogP contribution in [0.3, 0.4) is 0 Å². The van der Waals surface area contributed by atoms with E-state index in [1.165, 1.54) is 50.4 Å². The Morgan fingerprint density at radius 2 is 1.90 bits per heavy atom. The van der Waals surface area contributed by atoms with Crippen LogP contribution in [0.1, 0.15) is 17.3 Å². The van der Waals surface area contributed by atoms with Crippen LogP contribution in [0.15, 0.2) is 45.6 Å². The molecule has 0 radical (unpaired) electrons. The Hall–Kier alpha value is -2.67.